The van der Waals surface area contributed by atoms with Gasteiger partial charge in [-0.1, -0.05) is 6.07 Å². The van der Waals surface area contributed by atoms with Gasteiger partial charge in [-0.25, -0.2) is 0 Å². The van der Waals surface area contributed by atoms with Crippen LogP contribution in [0.15, 0.2) is 30.5 Å². The minimum Gasteiger partial charge on any atom is -0.361 e. The molecule has 2 N–H and O–H groups in total. The van der Waals surface area contributed by atoms with Gasteiger partial charge in [-0.2, -0.15) is 13.2 Å². The Morgan fingerprint density at radius 1 is 1.28 bits per heavy atom. The fourth-order valence-electron chi connectivity index (χ4n) is 1.68. The van der Waals surface area contributed by atoms with Crippen molar-refractivity contribution >= 4 is 16.8 Å². The number of aromatic amines is 1. The number of carbonyl (C=O) groups is 1. The Bertz CT molecular complexity index is 560. The van der Waals surface area contributed by atoms with E-state index in [1.807, 2.05) is 29.6 Å². The van der Waals surface area contributed by atoms with Crippen molar-refractivity contribution < 1.29 is 18.0 Å². The fourth-order valence-corrected chi connectivity index (χ4v) is 1.68. The lowest BCUT2D eigenvalue weighted by Gasteiger charge is -2.07. The van der Waals surface area contributed by atoms with Crippen molar-refractivity contribution in [3.8, 4) is 0 Å². The van der Waals surface area contributed by atoms with Crippen molar-refractivity contribution in [3.63, 3.8) is 0 Å². The molecule has 0 unspecified atom stereocenters. The molecule has 1 aromatic carbocycles. The van der Waals surface area contributed by atoms with E-state index in [-0.39, 0.29) is 6.54 Å². The maximum absolute atomic E-state index is 11.9. The summed E-state index contributed by atoms with van der Waals surface area (Å²) >= 11 is 0. The molecule has 0 aliphatic rings. The number of hydrogen-bond acceptors (Lipinski definition) is 1. The monoisotopic (exact) mass is 256 g/mol. The molecule has 0 atom stereocenters. The van der Waals surface area contributed by atoms with Crippen LogP contribution in [0.25, 0.3) is 10.9 Å². The van der Waals surface area contributed by atoms with E-state index in [0.717, 1.165) is 16.5 Å². The largest absolute Gasteiger partial charge is 0.471 e. The third kappa shape index (κ3) is 2.82. The molecule has 0 saturated heterocycles. The van der Waals surface area contributed by atoms with Gasteiger partial charge in [-0.3, -0.25) is 4.79 Å². The molecule has 1 heterocycles. The first-order valence-corrected chi connectivity index (χ1v) is 5.38. The highest BCUT2D eigenvalue weighted by Crippen LogP contribution is 2.15. The Morgan fingerprint density at radius 3 is 2.78 bits per heavy atom. The van der Waals surface area contributed by atoms with Gasteiger partial charge in [0.15, 0.2) is 0 Å². The van der Waals surface area contributed by atoms with E-state index >= 15 is 0 Å². The number of alkyl halides is 3. The second-order valence-electron chi connectivity index (χ2n) is 3.90. The summed E-state index contributed by atoms with van der Waals surface area (Å²) in [4.78, 5) is 13.6. The number of hydrogen-bond donors (Lipinski definition) is 2. The predicted molar refractivity (Wildman–Crippen MR) is 61.1 cm³/mol. The Balaban J connectivity index is 1.92. The SMILES string of the molecule is O=C(NCCc1ccc2[nH]ccc2c1)C(F)(F)F. The maximum Gasteiger partial charge on any atom is 0.471 e. The average molecular weight is 256 g/mol. The Morgan fingerprint density at radius 2 is 2.06 bits per heavy atom. The van der Waals surface area contributed by atoms with Crippen LogP contribution in [0.3, 0.4) is 0 Å². The van der Waals surface area contributed by atoms with Gasteiger partial charge >= 0.3 is 12.1 Å². The molecule has 18 heavy (non-hydrogen) atoms. The maximum atomic E-state index is 11.9. The minimum atomic E-state index is -4.81. The first-order chi connectivity index (χ1) is 8.47. The van der Waals surface area contributed by atoms with Gasteiger partial charge in [0.05, 0.1) is 0 Å². The summed E-state index contributed by atoms with van der Waals surface area (Å²) in [6, 6.07) is 7.44. The highest BCUT2D eigenvalue weighted by Gasteiger charge is 2.38. The summed E-state index contributed by atoms with van der Waals surface area (Å²) < 4.78 is 35.8. The van der Waals surface area contributed by atoms with Crippen LogP contribution in [0.2, 0.25) is 0 Å². The van der Waals surface area contributed by atoms with Crippen LogP contribution in [-0.2, 0) is 11.2 Å². The van der Waals surface area contributed by atoms with Gasteiger partial charge in [-0.15, -0.1) is 0 Å². The second kappa shape index (κ2) is 4.72. The molecule has 0 aliphatic carbocycles. The number of nitrogens with one attached hydrogen (secondary N) is 2. The summed E-state index contributed by atoms with van der Waals surface area (Å²) in [6.45, 7) is -0.0335. The first kappa shape index (κ1) is 12.5. The van der Waals surface area contributed by atoms with E-state index < -0.39 is 12.1 Å². The molecule has 2 rings (SSSR count). The van der Waals surface area contributed by atoms with Gasteiger partial charge in [0, 0.05) is 18.3 Å². The zero-order chi connectivity index (χ0) is 13.2. The summed E-state index contributed by atoms with van der Waals surface area (Å²) in [5, 5.41) is 2.84. The lowest BCUT2D eigenvalue weighted by atomic mass is 10.1. The molecule has 0 saturated carbocycles. The van der Waals surface area contributed by atoms with Crippen LogP contribution in [0, 0.1) is 0 Å². The van der Waals surface area contributed by atoms with Crippen molar-refractivity contribution in [2.24, 2.45) is 0 Å². The average Bonchev–Trinajstić information content (AvgIpc) is 2.74. The number of aromatic nitrogens is 1. The number of benzene rings is 1. The molecule has 1 amide bonds. The molecule has 2 aromatic rings. The molecule has 0 fully saturated rings. The first-order valence-electron chi connectivity index (χ1n) is 5.38. The number of rotatable bonds is 3. The van der Waals surface area contributed by atoms with Crippen molar-refractivity contribution in [2.75, 3.05) is 6.54 Å². The van der Waals surface area contributed by atoms with Crippen LogP contribution in [0.1, 0.15) is 5.56 Å². The molecule has 0 radical (unpaired) electrons. The smallest absolute Gasteiger partial charge is 0.361 e. The van der Waals surface area contributed by atoms with Crippen molar-refractivity contribution in [2.45, 2.75) is 12.6 Å². The topological polar surface area (TPSA) is 44.9 Å². The van der Waals surface area contributed by atoms with Gasteiger partial charge in [0.25, 0.3) is 0 Å². The Hall–Kier alpha value is -1.98. The summed E-state index contributed by atoms with van der Waals surface area (Å²) in [5.41, 5.74) is 1.85. The molecule has 3 nitrogen and oxygen atoms in total. The zero-order valence-corrected chi connectivity index (χ0v) is 9.34. The Labute approximate surface area is 101 Å². The minimum absolute atomic E-state index is 0.0335. The van der Waals surface area contributed by atoms with Crippen molar-refractivity contribution in [1.82, 2.24) is 10.3 Å². The Kier molecular flexibility index (Phi) is 3.27. The third-order valence-electron chi connectivity index (χ3n) is 2.57. The van der Waals surface area contributed by atoms with E-state index in [9.17, 15) is 18.0 Å². The summed E-state index contributed by atoms with van der Waals surface area (Å²) in [6.07, 6.45) is -2.66. The number of carbonyl (C=O) groups excluding carboxylic acids is 1. The lowest BCUT2D eigenvalue weighted by Crippen LogP contribution is -2.37. The van der Waals surface area contributed by atoms with E-state index in [1.165, 1.54) is 0 Å². The standard InChI is InChI=1S/C12H11F3N2O/c13-12(14,15)11(18)17-5-3-8-1-2-10-9(7-8)4-6-16-10/h1-2,4,6-7,16H,3,5H2,(H,17,18). The summed E-state index contributed by atoms with van der Waals surface area (Å²) in [7, 11) is 0. The molecule has 0 spiro atoms. The number of halogens is 3. The van der Waals surface area contributed by atoms with Crippen molar-refractivity contribution in [1.29, 1.82) is 0 Å². The van der Waals surface area contributed by atoms with E-state index in [4.69, 9.17) is 0 Å². The molecular weight excluding hydrogens is 245 g/mol. The molecule has 1 aromatic heterocycles. The van der Waals surface area contributed by atoms with Crippen LogP contribution in [0.4, 0.5) is 13.2 Å². The van der Waals surface area contributed by atoms with E-state index in [1.54, 1.807) is 6.20 Å². The normalized spacial score (nSPS) is 11.7. The van der Waals surface area contributed by atoms with Crippen molar-refractivity contribution in [3.05, 3.63) is 36.0 Å². The third-order valence-corrected chi connectivity index (χ3v) is 2.57. The van der Waals surface area contributed by atoms with E-state index in [0.29, 0.717) is 6.42 Å². The van der Waals surface area contributed by atoms with Crippen LogP contribution < -0.4 is 5.32 Å². The van der Waals surface area contributed by atoms with Crippen LogP contribution in [-0.4, -0.2) is 23.6 Å². The highest BCUT2D eigenvalue weighted by molar-refractivity contribution is 5.82. The molecule has 0 aliphatic heterocycles. The molecule has 0 bridgehead atoms. The van der Waals surface area contributed by atoms with E-state index in [2.05, 4.69) is 4.98 Å². The lowest BCUT2D eigenvalue weighted by molar-refractivity contribution is -0.173. The van der Waals surface area contributed by atoms with Gasteiger partial charge in [0.1, 0.15) is 0 Å². The number of fused-ring (bicyclic) bond motifs is 1. The molecule has 96 valence electrons. The number of H-pyrrole nitrogens is 1. The fraction of sp³-hybridized carbons (Fsp3) is 0.250. The van der Waals surface area contributed by atoms with Gasteiger partial charge < -0.3 is 10.3 Å². The number of amides is 1. The van der Waals surface area contributed by atoms with Crippen LogP contribution >= 0.6 is 0 Å². The van der Waals surface area contributed by atoms with Crippen LogP contribution in [0.5, 0.6) is 0 Å². The second-order valence-corrected chi connectivity index (χ2v) is 3.90. The molecular formula is C12H11F3N2O. The summed E-state index contributed by atoms with van der Waals surface area (Å²) in [5.74, 6) is -1.90. The molecule has 6 heteroatoms. The van der Waals surface area contributed by atoms with Gasteiger partial charge in [-0.05, 0) is 35.6 Å². The zero-order valence-electron chi connectivity index (χ0n) is 9.34. The van der Waals surface area contributed by atoms with Gasteiger partial charge in [0.2, 0.25) is 0 Å². The predicted octanol–water partition coefficient (Wildman–Crippen LogP) is 2.39. The highest BCUT2D eigenvalue weighted by atomic mass is 19.4. The quantitative estimate of drug-likeness (QED) is 0.870.